The van der Waals surface area contributed by atoms with Gasteiger partial charge in [-0.1, -0.05) is 71.1 Å². The molecule has 0 heterocycles. The predicted octanol–water partition coefficient (Wildman–Crippen LogP) is 6.67. The highest BCUT2D eigenvalue weighted by Gasteiger charge is 2.12. The lowest BCUT2D eigenvalue weighted by molar-refractivity contribution is 0.0976. The van der Waals surface area contributed by atoms with Gasteiger partial charge in [0, 0.05) is 6.42 Å². The molecule has 1 N–H and O–H groups in total. The van der Waals surface area contributed by atoms with Gasteiger partial charge in [-0.2, -0.15) is 0 Å². The minimum Gasteiger partial charge on any atom is -0.507 e. The highest BCUT2D eigenvalue weighted by atomic mass is 16.5. The van der Waals surface area contributed by atoms with Crippen molar-refractivity contribution in [1.82, 2.24) is 0 Å². The zero-order chi connectivity index (χ0) is 18.3. The van der Waals surface area contributed by atoms with Crippen molar-refractivity contribution in [1.29, 1.82) is 0 Å². The lowest BCUT2D eigenvalue weighted by Crippen LogP contribution is -2.01. The molecule has 0 amide bonds. The Morgan fingerprint density at radius 2 is 1.44 bits per heavy atom. The van der Waals surface area contributed by atoms with Gasteiger partial charge in [-0.05, 0) is 31.5 Å². The van der Waals surface area contributed by atoms with Crippen molar-refractivity contribution in [3.8, 4) is 11.5 Å². The van der Waals surface area contributed by atoms with Gasteiger partial charge in [0.25, 0.3) is 0 Å². The number of phenolic OH excluding ortho intramolecular Hbond substituents is 1. The van der Waals surface area contributed by atoms with E-state index in [-0.39, 0.29) is 11.5 Å². The summed E-state index contributed by atoms with van der Waals surface area (Å²) in [4.78, 5) is 12.3. The smallest absolute Gasteiger partial charge is 0.166 e. The van der Waals surface area contributed by atoms with E-state index in [9.17, 15) is 9.90 Å². The first-order valence-electron chi connectivity index (χ1n) is 10.2. The molecule has 0 radical (unpaired) electrons. The van der Waals surface area contributed by atoms with Gasteiger partial charge in [-0.15, -0.1) is 0 Å². The number of phenols is 1. The molecule has 3 nitrogen and oxygen atoms in total. The first kappa shape index (κ1) is 21.5. The van der Waals surface area contributed by atoms with Crippen LogP contribution in [-0.4, -0.2) is 17.5 Å². The number of ketones is 1. The lowest BCUT2D eigenvalue weighted by atomic mass is 10.0. The van der Waals surface area contributed by atoms with Crippen LogP contribution in [0.5, 0.6) is 11.5 Å². The lowest BCUT2D eigenvalue weighted by Gasteiger charge is -2.08. The number of benzene rings is 1. The molecular weight excluding hydrogens is 312 g/mol. The summed E-state index contributed by atoms with van der Waals surface area (Å²) in [5.41, 5.74) is 0.387. The van der Waals surface area contributed by atoms with Gasteiger partial charge < -0.3 is 9.84 Å². The number of hydrogen-bond donors (Lipinski definition) is 1. The molecule has 0 fully saturated rings. The van der Waals surface area contributed by atoms with Crippen molar-refractivity contribution in [2.45, 2.75) is 90.9 Å². The molecular formula is C22H36O3. The van der Waals surface area contributed by atoms with Crippen molar-refractivity contribution < 1.29 is 14.6 Å². The van der Waals surface area contributed by atoms with E-state index >= 15 is 0 Å². The number of aromatic hydroxyl groups is 1. The summed E-state index contributed by atoms with van der Waals surface area (Å²) in [6, 6.07) is 4.89. The Labute approximate surface area is 153 Å². The van der Waals surface area contributed by atoms with Crippen LogP contribution in [0.15, 0.2) is 18.2 Å². The second kappa shape index (κ2) is 13.7. The number of carbonyl (C=O) groups excluding carboxylic acids is 1. The molecule has 0 bridgehead atoms. The zero-order valence-corrected chi connectivity index (χ0v) is 16.2. The number of ether oxygens (including phenoxy) is 1. The summed E-state index contributed by atoms with van der Waals surface area (Å²) < 4.78 is 5.40. The van der Waals surface area contributed by atoms with E-state index < -0.39 is 0 Å². The Balaban J connectivity index is 2.12. The van der Waals surface area contributed by atoms with Gasteiger partial charge in [0.1, 0.15) is 11.5 Å². The molecule has 0 saturated heterocycles. The van der Waals surface area contributed by atoms with E-state index in [2.05, 4.69) is 6.92 Å². The fourth-order valence-electron chi connectivity index (χ4n) is 3.08. The van der Waals surface area contributed by atoms with Crippen molar-refractivity contribution in [2.75, 3.05) is 6.61 Å². The van der Waals surface area contributed by atoms with Crippen molar-refractivity contribution in [3.63, 3.8) is 0 Å². The maximum Gasteiger partial charge on any atom is 0.166 e. The number of hydrogen-bond acceptors (Lipinski definition) is 3. The monoisotopic (exact) mass is 348 g/mol. The van der Waals surface area contributed by atoms with Crippen molar-refractivity contribution >= 4 is 5.78 Å². The van der Waals surface area contributed by atoms with Crippen LogP contribution in [0.3, 0.4) is 0 Å². The molecule has 0 unspecified atom stereocenters. The molecule has 0 aliphatic heterocycles. The minimum absolute atomic E-state index is 0.00924. The highest BCUT2D eigenvalue weighted by molar-refractivity contribution is 5.98. The van der Waals surface area contributed by atoms with E-state index in [1.165, 1.54) is 57.8 Å². The standard InChI is InChI=1S/C22H36O3/c1-3-5-6-7-8-9-10-11-12-13-14-15-21(23)20-18-19(25-4-2)16-17-22(20)24/h16-18,24H,3-15H2,1-2H3. The largest absolute Gasteiger partial charge is 0.507 e. The third kappa shape index (κ3) is 9.52. The molecule has 3 heteroatoms. The van der Waals surface area contributed by atoms with Crippen LogP contribution >= 0.6 is 0 Å². The Hall–Kier alpha value is -1.51. The average molecular weight is 349 g/mol. The van der Waals surface area contributed by atoms with Crippen LogP contribution in [-0.2, 0) is 0 Å². The normalized spacial score (nSPS) is 10.8. The van der Waals surface area contributed by atoms with E-state index in [4.69, 9.17) is 4.74 Å². The fraction of sp³-hybridized carbons (Fsp3) is 0.682. The molecule has 0 aliphatic rings. The molecule has 1 aromatic rings. The second-order valence-corrected chi connectivity index (χ2v) is 6.82. The quantitative estimate of drug-likeness (QED) is 0.284. The van der Waals surface area contributed by atoms with Crippen molar-refractivity contribution in [2.24, 2.45) is 0 Å². The number of Topliss-reactive ketones (excluding diaryl/α,β-unsaturated/α-hetero) is 1. The molecule has 0 spiro atoms. The summed E-state index contributed by atoms with van der Waals surface area (Å²) in [6.07, 6.45) is 14.4. The Kier molecular flexibility index (Phi) is 11.8. The number of unbranched alkanes of at least 4 members (excludes halogenated alkanes) is 10. The van der Waals surface area contributed by atoms with Crippen LogP contribution in [0, 0.1) is 0 Å². The summed E-state index contributed by atoms with van der Waals surface area (Å²) in [5.74, 6) is 0.703. The average Bonchev–Trinajstić information content (AvgIpc) is 2.61. The van der Waals surface area contributed by atoms with E-state index in [0.717, 1.165) is 12.8 Å². The van der Waals surface area contributed by atoms with Gasteiger partial charge in [0.05, 0.1) is 12.2 Å². The highest BCUT2D eigenvalue weighted by Crippen LogP contribution is 2.25. The molecule has 1 rings (SSSR count). The first-order chi connectivity index (χ1) is 12.2. The topological polar surface area (TPSA) is 46.5 Å². The summed E-state index contributed by atoms with van der Waals surface area (Å²) in [6.45, 7) is 4.71. The molecule has 0 aromatic heterocycles. The molecule has 0 aliphatic carbocycles. The van der Waals surface area contributed by atoms with Crippen LogP contribution in [0.25, 0.3) is 0 Å². The van der Waals surface area contributed by atoms with Gasteiger partial charge in [-0.25, -0.2) is 0 Å². The Morgan fingerprint density at radius 3 is 2.00 bits per heavy atom. The summed E-state index contributed by atoms with van der Waals surface area (Å²) in [7, 11) is 0. The molecule has 142 valence electrons. The number of rotatable bonds is 15. The van der Waals surface area contributed by atoms with Gasteiger partial charge in [0.2, 0.25) is 0 Å². The zero-order valence-electron chi connectivity index (χ0n) is 16.2. The van der Waals surface area contributed by atoms with E-state index in [1.54, 1.807) is 18.2 Å². The first-order valence-corrected chi connectivity index (χ1v) is 10.2. The molecule has 0 saturated carbocycles. The van der Waals surface area contributed by atoms with Crippen LogP contribution in [0.4, 0.5) is 0 Å². The van der Waals surface area contributed by atoms with Crippen LogP contribution in [0.2, 0.25) is 0 Å². The maximum absolute atomic E-state index is 12.3. The van der Waals surface area contributed by atoms with Crippen LogP contribution < -0.4 is 4.74 Å². The Bertz CT molecular complexity index is 482. The third-order valence-corrected chi connectivity index (χ3v) is 4.59. The maximum atomic E-state index is 12.3. The molecule has 25 heavy (non-hydrogen) atoms. The Morgan fingerprint density at radius 1 is 0.880 bits per heavy atom. The predicted molar refractivity (Wildman–Crippen MR) is 105 cm³/mol. The van der Waals surface area contributed by atoms with E-state index in [1.807, 2.05) is 6.92 Å². The van der Waals surface area contributed by atoms with E-state index in [0.29, 0.717) is 24.3 Å². The summed E-state index contributed by atoms with van der Waals surface area (Å²) in [5, 5.41) is 9.87. The van der Waals surface area contributed by atoms with Gasteiger partial charge >= 0.3 is 0 Å². The summed E-state index contributed by atoms with van der Waals surface area (Å²) >= 11 is 0. The second-order valence-electron chi connectivity index (χ2n) is 6.82. The molecule has 1 aromatic carbocycles. The molecule has 0 atom stereocenters. The van der Waals surface area contributed by atoms with Gasteiger partial charge in [-0.3, -0.25) is 4.79 Å². The minimum atomic E-state index is 0.00924. The fourth-order valence-corrected chi connectivity index (χ4v) is 3.08. The SMILES string of the molecule is CCCCCCCCCCCCCC(=O)c1cc(OCC)ccc1O. The van der Waals surface area contributed by atoms with Crippen LogP contribution in [0.1, 0.15) is 101 Å². The third-order valence-electron chi connectivity index (χ3n) is 4.59. The number of carbonyl (C=O) groups is 1. The van der Waals surface area contributed by atoms with Crippen molar-refractivity contribution in [3.05, 3.63) is 23.8 Å². The van der Waals surface area contributed by atoms with Gasteiger partial charge in [0.15, 0.2) is 5.78 Å².